The number of amides is 2. The fourth-order valence-corrected chi connectivity index (χ4v) is 5.36. The van der Waals surface area contributed by atoms with Crippen molar-refractivity contribution in [3.8, 4) is 11.5 Å². The highest BCUT2D eigenvalue weighted by molar-refractivity contribution is 8.01. The van der Waals surface area contributed by atoms with Gasteiger partial charge in [-0.1, -0.05) is 12.1 Å². The summed E-state index contributed by atoms with van der Waals surface area (Å²) in [5.41, 5.74) is 3.09. The lowest BCUT2D eigenvalue weighted by Gasteiger charge is -2.29. The first-order valence-electron chi connectivity index (χ1n) is 9.26. The van der Waals surface area contributed by atoms with Crippen molar-refractivity contribution in [2.24, 2.45) is 0 Å². The molecule has 28 heavy (non-hydrogen) atoms. The summed E-state index contributed by atoms with van der Waals surface area (Å²) in [5, 5.41) is 2.94. The van der Waals surface area contributed by atoms with Gasteiger partial charge in [0.1, 0.15) is 11.6 Å². The van der Waals surface area contributed by atoms with Crippen LogP contribution in [0, 0.1) is 0 Å². The van der Waals surface area contributed by atoms with Crippen LogP contribution in [0.2, 0.25) is 0 Å². The Hall–Kier alpha value is -2.80. The van der Waals surface area contributed by atoms with Gasteiger partial charge in [0.2, 0.25) is 17.7 Å². The van der Waals surface area contributed by atoms with Crippen LogP contribution in [-0.4, -0.2) is 38.4 Å². The number of benzene rings is 2. The molecule has 2 aliphatic rings. The SMILES string of the molecule is CC12CCC(=O)N1C(C(=O)Nc1ccc(-c3nc4ccccc4o3)cc1)CS2. The molecule has 0 saturated carbocycles. The summed E-state index contributed by atoms with van der Waals surface area (Å²) >= 11 is 1.69. The number of nitrogens with one attached hydrogen (secondary N) is 1. The summed E-state index contributed by atoms with van der Waals surface area (Å²) < 4.78 is 5.78. The lowest BCUT2D eigenvalue weighted by Crippen LogP contribution is -2.48. The van der Waals surface area contributed by atoms with Crippen LogP contribution >= 0.6 is 11.8 Å². The maximum atomic E-state index is 12.8. The summed E-state index contributed by atoms with van der Waals surface area (Å²) in [4.78, 5) is 31.0. The molecule has 7 heteroatoms. The van der Waals surface area contributed by atoms with E-state index in [-0.39, 0.29) is 16.7 Å². The third kappa shape index (κ3) is 2.77. The topological polar surface area (TPSA) is 75.4 Å². The van der Waals surface area contributed by atoms with Crippen molar-refractivity contribution in [2.75, 3.05) is 11.1 Å². The number of carbonyl (C=O) groups excluding carboxylic acids is 2. The lowest BCUT2D eigenvalue weighted by atomic mass is 10.2. The standard InChI is InChI=1S/C21H19N3O3S/c1-21-11-10-18(25)24(21)16(12-28-21)19(26)22-14-8-6-13(7-9-14)20-23-15-4-2-3-5-17(15)27-20/h2-9,16H,10-12H2,1H3,(H,22,26). The Balaban J connectivity index is 1.32. The summed E-state index contributed by atoms with van der Waals surface area (Å²) in [6.45, 7) is 2.05. The minimum absolute atomic E-state index is 0.0685. The first-order chi connectivity index (χ1) is 13.5. The zero-order valence-corrected chi connectivity index (χ0v) is 16.2. The third-order valence-electron chi connectivity index (χ3n) is 5.44. The molecule has 6 nitrogen and oxygen atoms in total. The second kappa shape index (κ2) is 6.38. The predicted octanol–water partition coefficient (Wildman–Crippen LogP) is 3.89. The Bertz CT molecular complexity index is 1040. The Labute approximate surface area is 166 Å². The maximum Gasteiger partial charge on any atom is 0.248 e. The van der Waals surface area contributed by atoms with Crippen molar-refractivity contribution in [3.63, 3.8) is 0 Å². The molecule has 0 aliphatic carbocycles. The van der Waals surface area contributed by atoms with Crippen LogP contribution in [0.3, 0.4) is 0 Å². The number of thioether (sulfide) groups is 1. The molecule has 2 aliphatic heterocycles. The third-order valence-corrected chi connectivity index (χ3v) is 6.95. The normalized spacial score (nSPS) is 24.0. The Morgan fingerprint density at radius 3 is 2.82 bits per heavy atom. The summed E-state index contributed by atoms with van der Waals surface area (Å²) in [7, 11) is 0. The van der Waals surface area contributed by atoms with E-state index in [9.17, 15) is 9.59 Å². The number of hydrogen-bond acceptors (Lipinski definition) is 5. The number of hydrogen-bond donors (Lipinski definition) is 1. The van der Waals surface area contributed by atoms with Crippen LogP contribution in [-0.2, 0) is 9.59 Å². The predicted molar refractivity (Wildman–Crippen MR) is 109 cm³/mol. The van der Waals surface area contributed by atoms with Gasteiger partial charge in [-0.25, -0.2) is 4.98 Å². The second-order valence-electron chi connectivity index (χ2n) is 7.32. The molecule has 2 unspecified atom stereocenters. The van der Waals surface area contributed by atoms with E-state index in [1.807, 2.05) is 55.5 Å². The van der Waals surface area contributed by atoms with E-state index in [1.165, 1.54) is 0 Å². The highest BCUT2D eigenvalue weighted by Gasteiger charge is 2.52. The molecule has 3 heterocycles. The first kappa shape index (κ1) is 17.3. The van der Waals surface area contributed by atoms with Crippen LogP contribution in [0.5, 0.6) is 0 Å². The van der Waals surface area contributed by atoms with Gasteiger partial charge in [-0.15, -0.1) is 11.8 Å². The number of rotatable bonds is 3. The molecule has 2 aromatic carbocycles. The molecule has 2 saturated heterocycles. The van der Waals surface area contributed by atoms with Gasteiger partial charge >= 0.3 is 0 Å². The number of carbonyl (C=O) groups is 2. The fraction of sp³-hybridized carbons (Fsp3) is 0.286. The molecule has 3 aromatic rings. The molecule has 142 valence electrons. The van der Waals surface area contributed by atoms with Crippen molar-refractivity contribution >= 4 is 40.4 Å². The number of nitrogens with zero attached hydrogens (tertiary/aromatic N) is 2. The lowest BCUT2D eigenvalue weighted by molar-refractivity contribution is -0.135. The van der Waals surface area contributed by atoms with E-state index in [1.54, 1.807) is 16.7 Å². The highest BCUT2D eigenvalue weighted by atomic mass is 32.2. The van der Waals surface area contributed by atoms with Crippen molar-refractivity contribution in [1.29, 1.82) is 0 Å². The Kier molecular flexibility index (Phi) is 3.94. The molecule has 1 N–H and O–H groups in total. The van der Waals surface area contributed by atoms with Gasteiger partial charge < -0.3 is 14.6 Å². The molecular weight excluding hydrogens is 374 g/mol. The van der Waals surface area contributed by atoms with E-state index >= 15 is 0 Å². The van der Waals surface area contributed by atoms with Crippen LogP contribution in [0.15, 0.2) is 52.9 Å². The van der Waals surface area contributed by atoms with Gasteiger partial charge in [0, 0.05) is 23.4 Å². The smallest absolute Gasteiger partial charge is 0.248 e. The van der Waals surface area contributed by atoms with Gasteiger partial charge in [0.05, 0.1) is 4.87 Å². The largest absolute Gasteiger partial charge is 0.436 e. The zero-order valence-electron chi connectivity index (χ0n) is 15.3. The average molecular weight is 393 g/mol. The van der Waals surface area contributed by atoms with Crippen molar-refractivity contribution in [1.82, 2.24) is 9.88 Å². The second-order valence-corrected chi connectivity index (χ2v) is 8.82. The van der Waals surface area contributed by atoms with E-state index < -0.39 is 6.04 Å². The van der Waals surface area contributed by atoms with Crippen LogP contribution in [0.1, 0.15) is 19.8 Å². The molecule has 2 fully saturated rings. The summed E-state index contributed by atoms with van der Waals surface area (Å²) in [6.07, 6.45) is 1.33. The molecule has 1 aromatic heterocycles. The van der Waals surface area contributed by atoms with E-state index in [0.717, 1.165) is 23.1 Å². The molecule has 0 spiro atoms. The number of para-hydroxylation sites is 2. The monoisotopic (exact) mass is 393 g/mol. The Morgan fingerprint density at radius 2 is 2.04 bits per heavy atom. The average Bonchev–Trinajstić information content (AvgIpc) is 3.35. The quantitative estimate of drug-likeness (QED) is 0.731. The molecule has 0 bridgehead atoms. The number of anilines is 1. The van der Waals surface area contributed by atoms with Crippen LogP contribution in [0.4, 0.5) is 5.69 Å². The molecule has 0 radical (unpaired) electrons. The number of fused-ring (bicyclic) bond motifs is 2. The van der Waals surface area contributed by atoms with Crippen LogP contribution in [0.25, 0.3) is 22.6 Å². The van der Waals surface area contributed by atoms with Crippen LogP contribution < -0.4 is 5.32 Å². The van der Waals surface area contributed by atoms with Crippen molar-refractivity contribution in [3.05, 3.63) is 48.5 Å². The fourth-order valence-electron chi connectivity index (χ4n) is 3.93. The molecule has 2 atom stereocenters. The Morgan fingerprint density at radius 1 is 1.25 bits per heavy atom. The first-order valence-corrected chi connectivity index (χ1v) is 10.3. The molecule has 2 amide bonds. The molecular formula is C21H19N3O3S. The van der Waals surface area contributed by atoms with Gasteiger partial charge in [-0.05, 0) is 49.7 Å². The molecule has 5 rings (SSSR count). The van der Waals surface area contributed by atoms with E-state index in [0.29, 0.717) is 23.8 Å². The summed E-state index contributed by atoms with van der Waals surface area (Å²) in [6, 6.07) is 14.6. The minimum Gasteiger partial charge on any atom is -0.436 e. The maximum absolute atomic E-state index is 12.8. The number of aromatic nitrogens is 1. The van der Waals surface area contributed by atoms with Gasteiger partial charge in [0.15, 0.2) is 5.58 Å². The number of oxazole rings is 1. The van der Waals surface area contributed by atoms with Gasteiger partial charge in [-0.2, -0.15) is 0 Å². The highest BCUT2D eigenvalue weighted by Crippen LogP contribution is 2.47. The van der Waals surface area contributed by atoms with Gasteiger partial charge in [0.25, 0.3) is 0 Å². The summed E-state index contributed by atoms with van der Waals surface area (Å²) in [5.74, 6) is 1.11. The van der Waals surface area contributed by atoms with Gasteiger partial charge in [-0.3, -0.25) is 9.59 Å². The van der Waals surface area contributed by atoms with Crippen molar-refractivity contribution in [2.45, 2.75) is 30.7 Å². The van der Waals surface area contributed by atoms with E-state index in [2.05, 4.69) is 10.3 Å². The minimum atomic E-state index is -0.415. The zero-order chi connectivity index (χ0) is 19.3. The van der Waals surface area contributed by atoms with E-state index in [4.69, 9.17) is 4.42 Å². The van der Waals surface area contributed by atoms with Crippen molar-refractivity contribution < 1.29 is 14.0 Å².